The van der Waals surface area contributed by atoms with Crippen LogP contribution in [0.15, 0.2) is 66.7 Å². The molecule has 2 amide bonds. The van der Waals surface area contributed by atoms with Gasteiger partial charge in [-0.25, -0.2) is 4.79 Å². The summed E-state index contributed by atoms with van der Waals surface area (Å²) in [6.07, 6.45) is 11.3. The van der Waals surface area contributed by atoms with Crippen molar-refractivity contribution in [2.75, 3.05) is 17.2 Å². The number of hydrogen-bond donors (Lipinski definition) is 2. The monoisotopic (exact) mass is 502 g/mol. The van der Waals surface area contributed by atoms with Crippen LogP contribution in [0.2, 0.25) is 0 Å². The summed E-state index contributed by atoms with van der Waals surface area (Å²) in [6.45, 7) is 1.82. The Balaban J connectivity index is 1.38. The van der Waals surface area contributed by atoms with E-state index in [4.69, 9.17) is 4.74 Å². The fourth-order valence-corrected chi connectivity index (χ4v) is 4.28. The molecule has 0 aliphatic carbocycles. The van der Waals surface area contributed by atoms with Crippen LogP contribution >= 0.6 is 0 Å². The first-order valence-electron chi connectivity index (χ1n) is 13.4. The third-order valence-electron chi connectivity index (χ3n) is 6.29. The van der Waals surface area contributed by atoms with Gasteiger partial charge in [-0.05, 0) is 36.1 Å². The van der Waals surface area contributed by atoms with Crippen molar-refractivity contribution in [2.24, 2.45) is 0 Å². The Morgan fingerprint density at radius 2 is 1.38 bits per heavy atom. The third-order valence-corrected chi connectivity index (χ3v) is 6.29. The fourth-order valence-electron chi connectivity index (χ4n) is 4.28. The van der Waals surface area contributed by atoms with E-state index < -0.39 is 18.5 Å². The van der Waals surface area contributed by atoms with E-state index in [1.54, 1.807) is 24.3 Å². The summed E-state index contributed by atoms with van der Waals surface area (Å²) in [7, 11) is 0. The molecule has 6 heteroatoms. The van der Waals surface area contributed by atoms with Crippen molar-refractivity contribution < 1.29 is 19.1 Å². The molecule has 0 radical (unpaired) electrons. The molecule has 0 aliphatic heterocycles. The normalized spacial score (nSPS) is 10.7. The highest BCUT2D eigenvalue weighted by Gasteiger charge is 2.13. The van der Waals surface area contributed by atoms with E-state index in [9.17, 15) is 14.4 Å². The van der Waals surface area contributed by atoms with Crippen LogP contribution in [0.3, 0.4) is 0 Å². The summed E-state index contributed by atoms with van der Waals surface area (Å²) in [4.78, 5) is 37.2. The van der Waals surface area contributed by atoms with E-state index in [1.165, 1.54) is 38.5 Å². The molecule has 6 nitrogen and oxygen atoms in total. The molecule has 0 aromatic heterocycles. The molecule has 3 rings (SSSR count). The van der Waals surface area contributed by atoms with Gasteiger partial charge in [-0.3, -0.25) is 9.59 Å². The van der Waals surface area contributed by atoms with Crippen LogP contribution in [-0.2, 0) is 14.3 Å². The number of carbonyl (C=O) groups excluding carboxylic acids is 3. The van der Waals surface area contributed by atoms with E-state index in [2.05, 4.69) is 17.6 Å². The quantitative estimate of drug-likeness (QED) is 0.166. The molecular weight excluding hydrogens is 464 g/mol. The lowest BCUT2D eigenvalue weighted by molar-refractivity contribution is -0.119. The molecule has 3 aromatic rings. The maximum Gasteiger partial charge on any atom is 0.338 e. The summed E-state index contributed by atoms with van der Waals surface area (Å²) in [5.74, 6) is -1.11. The highest BCUT2D eigenvalue weighted by molar-refractivity contribution is 6.03. The molecule has 37 heavy (non-hydrogen) atoms. The number of amides is 2. The van der Waals surface area contributed by atoms with Gasteiger partial charge in [0.1, 0.15) is 0 Å². The van der Waals surface area contributed by atoms with Crippen molar-refractivity contribution in [3.63, 3.8) is 0 Å². The minimum absolute atomic E-state index is 0.0667. The van der Waals surface area contributed by atoms with Gasteiger partial charge in [-0.2, -0.15) is 0 Å². The summed E-state index contributed by atoms with van der Waals surface area (Å²) in [6, 6.07) is 19.9. The summed E-state index contributed by atoms with van der Waals surface area (Å²) >= 11 is 0. The van der Waals surface area contributed by atoms with Crippen molar-refractivity contribution in [3.05, 3.63) is 72.3 Å². The zero-order valence-corrected chi connectivity index (χ0v) is 21.8. The van der Waals surface area contributed by atoms with Crippen LogP contribution in [0.1, 0.15) is 81.5 Å². The third kappa shape index (κ3) is 9.71. The Labute approximate surface area is 219 Å². The van der Waals surface area contributed by atoms with Crippen molar-refractivity contribution in [1.29, 1.82) is 0 Å². The van der Waals surface area contributed by atoms with E-state index in [-0.39, 0.29) is 11.5 Å². The van der Waals surface area contributed by atoms with Crippen LogP contribution in [0, 0.1) is 0 Å². The van der Waals surface area contributed by atoms with Gasteiger partial charge in [0.15, 0.2) is 6.61 Å². The largest absolute Gasteiger partial charge is 0.452 e. The SMILES string of the molecule is CCCCCCCCCCCC(=O)Nc1cccc(C(=O)OCC(=O)Nc2cccc3ccccc23)c1. The van der Waals surface area contributed by atoms with Gasteiger partial charge < -0.3 is 15.4 Å². The standard InChI is InChI=1S/C31H38N2O4/c1-2-3-4-5-6-7-8-9-10-21-29(34)32-26-18-13-17-25(22-26)31(36)37-23-30(35)33-28-20-14-16-24-15-11-12-19-27(24)28/h11-20,22H,2-10,21,23H2,1H3,(H,32,34)(H,33,35). The number of hydrogen-bond acceptors (Lipinski definition) is 4. The Kier molecular flexibility index (Phi) is 11.6. The maximum absolute atomic E-state index is 12.5. The number of rotatable bonds is 15. The van der Waals surface area contributed by atoms with Crippen LogP contribution in [0.4, 0.5) is 11.4 Å². The molecule has 3 aromatic carbocycles. The molecule has 0 spiro atoms. The topological polar surface area (TPSA) is 84.5 Å². The first kappa shape index (κ1) is 27.9. The number of unbranched alkanes of at least 4 members (excludes halogenated alkanes) is 8. The van der Waals surface area contributed by atoms with Gasteiger partial charge >= 0.3 is 5.97 Å². The molecule has 0 saturated carbocycles. The molecule has 0 aliphatic rings. The molecule has 0 bridgehead atoms. The lowest BCUT2D eigenvalue weighted by Gasteiger charge is -2.10. The molecule has 0 heterocycles. The average Bonchev–Trinajstić information content (AvgIpc) is 2.91. The number of ether oxygens (including phenoxy) is 1. The first-order valence-corrected chi connectivity index (χ1v) is 13.4. The summed E-state index contributed by atoms with van der Waals surface area (Å²) < 4.78 is 5.20. The number of benzene rings is 3. The Bertz CT molecular complexity index is 1170. The van der Waals surface area contributed by atoms with Gasteiger partial charge in [-0.15, -0.1) is 0 Å². The Morgan fingerprint density at radius 3 is 2.16 bits per heavy atom. The second-order valence-corrected chi connectivity index (χ2v) is 9.36. The molecule has 196 valence electrons. The Hall–Kier alpha value is -3.67. The highest BCUT2D eigenvalue weighted by Crippen LogP contribution is 2.23. The van der Waals surface area contributed by atoms with Crippen molar-refractivity contribution >= 4 is 39.9 Å². The van der Waals surface area contributed by atoms with Crippen LogP contribution < -0.4 is 10.6 Å². The number of fused-ring (bicyclic) bond motifs is 1. The zero-order chi connectivity index (χ0) is 26.3. The summed E-state index contributed by atoms with van der Waals surface area (Å²) in [5, 5.41) is 7.57. The maximum atomic E-state index is 12.5. The number of esters is 1. The average molecular weight is 503 g/mol. The van der Waals surface area contributed by atoms with Gasteiger partial charge in [0.05, 0.1) is 5.56 Å². The van der Waals surface area contributed by atoms with Gasteiger partial charge in [0.25, 0.3) is 5.91 Å². The Morgan fingerprint density at radius 1 is 0.703 bits per heavy atom. The number of anilines is 2. The van der Waals surface area contributed by atoms with E-state index in [0.717, 1.165) is 30.0 Å². The highest BCUT2D eigenvalue weighted by atomic mass is 16.5. The second kappa shape index (κ2) is 15.4. The molecule has 0 fully saturated rings. The molecule has 2 N–H and O–H groups in total. The van der Waals surface area contributed by atoms with Crippen LogP contribution in [0.5, 0.6) is 0 Å². The second-order valence-electron chi connectivity index (χ2n) is 9.36. The smallest absolute Gasteiger partial charge is 0.338 e. The van der Waals surface area contributed by atoms with Crippen LogP contribution in [-0.4, -0.2) is 24.4 Å². The van der Waals surface area contributed by atoms with Gasteiger partial charge in [0, 0.05) is 23.2 Å². The molecule has 0 atom stereocenters. The lowest BCUT2D eigenvalue weighted by atomic mass is 10.1. The summed E-state index contributed by atoms with van der Waals surface area (Å²) in [5.41, 5.74) is 1.48. The molecule has 0 saturated heterocycles. The predicted molar refractivity (Wildman–Crippen MR) is 150 cm³/mol. The fraction of sp³-hybridized carbons (Fsp3) is 0.387. The molecular formula is C31H38N2O4. The minimum Gasteiger partial charge on any atom is -0.452 e. The van der Waals surface area contributed by atoms with Crippen molar-refractivity contribution in [3.8, 4) is 0 Å². The van der Waals surface area contributed by atoms with Crippen molar-refractivity contribution in [1.82, 2.24) is 0 Å². The molecule has 0 unspecified atom stereocenters. The zero-order valence-electron chi connectivity index (χ0n) is 21.8. The first-order chi connectivity index (χ1) is 18.1. The lowest BCUT2D eigenvalue weighted by Crippen LogP contribution is -2.21. The van der Waals surface area contributed by atoms with E-state index >= 15 is 0 Å². The van der Waals surface area contributed by atoms with Gasteiger partial charge in [0.2, 0.25) is 5.91 Å². The van der Waals surface area contributed by atoms with Crippen molar-refractivity contribution in [2.45, 2.75) is 71.1 Å². The predicted octanol–water partition coefficient (Wildman–Crippen LogP) is 7.49. The van der Waals surface area contributed by atoms with Crippen LogP contribution in [0.25, 0.3) is 10.8 Å². The number of nitrogens with one attached hydrogen (secondary N) is 2. The van der Waals surface area contributed by atoms with E-state index in [1.807, 2.05) is 42.5 Å². The van der Waals surface area contributed by atoms with E-state index in [0.29, 0.717) is 17.8 Å². The minimum atomic E-state index is -0.622. The van der Waals surface area contributed by atoms with Gasteiger partial charge in [-0.1, -0.05) is 101 Å². The number of carbonyl (C=O) groups is 3.